The molecule has 11 nitrogen and oxygen atoms in total. The van der Waals surface area contributed by atoms with E-state index < -0.39 is 6.04 Å². The Morgan fingerprint density at radius 1 is 0.483 bits per heavy atom. The second-order valence-corrected chi connectivity index (χ2v) is 17.3. The van der Waals surface area contributed by atoms with Gasteiger partial charge in [-0.1, -0.05) is 175 Å². The topological polar surface area (TPSA) is 175 Å². The minimum absolute atomic E-state index is 0.0128. The molecule has 0 aromatic carbocycles. The lowest BCUT2D eigenvalue weighted by Gasteiger charge is -2.18. The monoisotopic (exact) mass is 850 g/mol. The minimum Gasteiger partial charge on any atom is -0.465 e. The first kappa shape index (κ1) is 57.1. The van der Waals surface area contributed by atoms with Crippen molar-refractivity contribution in [2.24, 2.45) is 28.3 Å². The fraction of sp³-hybridized carbons (Fsp3) is 0.898. The molecule has 11 heteroatoms. The van der Waals surface area contributed by atoms with Crippen LogP contribution in [0, 0.1) is 11.8 Å². The highest BCUT2D eigenvalue weighted by molar-refractivity contribution is 5.87. The van der Waals surface area contributed by atoms with Gasteiger partial charge >= 0.3 is 11.9 Å². The fourth-order valence-electron chi connectivity index (χ4n) is 7.64. The lowest BCUT2D eigenvalue weighted by atomic mass is 9.94. The van der Waals surface area contributed by atoms with Gasteiger partial charge < -0.3 is 31.6 Å². The second kappa shape index (κ2) is 42.8. The van der Waals surface area contributed by atoms with E-state index in [9.17, 15) is 19.2 Å². The van der Waals surface area contributed by atoms with E-state index >= 15 is 0 Å². The molecule has 352 valence electrons. The van der Waals surface area contributed by atoms with Crippen molar-refractivity contribution >= 4 is 29.7 Å². The maximum Gasteiger partial charge on any atom is 0.308 e. The van der Waals surface area contributed by atoms with Gasteiger partial charge in [0.1, 0.15) is 6.04 Å². The Kier molecular flexibility index (Phi) is 40.8. The van der Waals surface area contributed by atoms with Crippen LogP contribution >= 0.6 is 0 Å². The van der Waals surface area contributed by atoms with Crippen LogP contribution in [0.2, 0.25) is 0 Å². The summed E-state index contributed by atoms with van der Waals surface area (Å²) in [5, 5.41) is 5.88. The van der Waals surface area contributed by atoms with E-state index in [1.54, 1.807) is 0 Å². The number of carbonyl (C=O) groups is 4. The molecule has 0 heterocycles. The van der Waals surface area contributed by atoms with E-state index in [0.29, 0.717) is 32.6 Å². The minimum atomic E-state index is -0.701. The molecule has 0 saturated heterocycles. The Morgan fingerprint density at radius 3 is 1.37 bits per heavy atom. The zero-order chi connectivity index (χ0) is 44.3. The molecule has 2 unspecified atom stereocenters. The summed E-state index contributed by atoms with van der Waals surface area (Å²) < 4.78 is 11.4. The van der Waals surface area contributed by atoms with Gasteiger partial charge in [-0.05, 0) is 57.8 Å². The van der Waals surface area contributed by atoms with Gasteiger partial charge in [-0.25, -0.2) is 0 Å². The molecule has 0 rings (SSSR count). The molecule has 3 atom stereocenters. The van der Waals surface area contributed by atoms with E-state index in [0.717, 1.165) is 128 Å². The average molecular weight is 850 g/mol. The number of unbranched alkanes of at least 4 members (excludes halogenated alkanes) is 21. The maximum absolute atomic E-state index is 13.0. The third-order valence-electron chi connectivity index (χ3n) is 11.6. The van der Waals surface area contributed by atoms with Crippen molar-refractivity contribution in [3.8, 4) is 0 Å². The van der Waals surface area contributed by atoms with Crippen molar-refractivity contribution in [2.45, 2.75) is 246 Å². The summed E-state index contributed by atoms with van der Waals surface area (Å²) in [7, 11) is 0. The summed E-state index contributed by atoms with van der Waals surface area (Å²) in [5.74, 6) is -0.371. The molecular formula is C49H95N5O6. The quantitative estimate of drug-likeness (QED) is 0.0203. The van der Waals surface area contributed by atoms with Gasteiger partial charge in [0.15, 0.2) is 5.96 Å². The first-order valence-electron chi connectivity index (χ1n) is 25.2. The molecule has 0 saturated carbocycles. The van der Waals surface area contributed by atoms with Crippen LogP contribution in [0.1, 0.15) is 240 Å². The molecule has 0 radical (unpaired) electrons. The Morgan fingerprint density at radius 2 is 0.883 bits per heavy atom. The number of hydrogen-bond donors (Lipinski definition) is 4. The van der Waals surface area contributed by atoms with Gasteiger partial charge in [0.05, 0.1) is 25.0 Å². The number of nitrogens with two attached hydrogens (primary N) is 2. The van der Waals surface area contributed by atoms with Crippen LogP contribution < -0.4 is 22.1 Å². The van der Waals surface area contributed by atoms with Crippen molar-refractivity contribution in [1.29, 1.82) is 0 Å². The molecule has 0 aliphatic carbocycles. The highest BCUT2D eigenvalue weighted by atomic mass is 16.5. The van der Waals surface area contributed by atoms with Gasteiger partial charge in [0.25, 0.3) is 0 Å². The number of hydrogen-bond acceptors (Lipinski definition) is 7. The number of carbonyl (C=O) groups excluding carboxylic acids is 4. The summed E-state index contributed by atoms with van der Waals surface area (Å²) in [6.45, 7) is 10.6. The van der Waals surface area contributed by atoms with Crippen molar-refractivity contribution < 1.29 is 28.7 Å². The maximum atomic E-state index is 13.0. The number of ether oxygens (including phenoxy) is 2. The summed E-state index contributed by atoms with van der Waals surface area (Å²) in [5.41, 5.74) is 11.0. The first-order valence-corrected chi connectivity index (χ1v) is 25.2. The second-order valence-electron chi connectivity index (χ2n) is 17.3. The molecule has 0 fully saturated rings. The van der Waals surface area contributed by atoms with Crippen LogP contribution in [0.15, 0.2) is 4.99 Å². The standard InChI is InChI=1S/C49H95N5O6/c1-5-9-13-16-20-27-35-43(34-26-15-11-7-3)48(58)60-41-31-24-19-21-28-36-45(55)54-44(37-39-53-49(50)51)46(56)52-38-29-22-17-18-23-30-40-59-47(57)42(32-12-8-4)33-25-14-10-6-2/h42-44H,5-41H2,1-4H3,(H,52,56)(H,54,55)(H4,50,51,53)/t42?,43?,44-/m0/s1. The van der Waals surface area contributed by atoms with Crippen molar-refractivity contribution in [3.63, 3.8) is 0 Å². The lowest BCUT2D eigenvalue weighted by molar-refractivity contribution is -0.150. The summed E-state index contributed by atoms with van der Waals surface area (Å²) >= 11 is 0. The zero-order valence-electron chi connectivity index (χ0n) is 39.4. The molecule has 0 spiro atoms. The summed E-state index contributed by atoms with van der Waals surface area (Å²) in [6, 6.07) is -0.701. The van der Waals surface area contributed by atoms with Gasteiger partial charge in [-0.2, -0.15) is 0 Å². The van der Waals surface area contributed by atoms with Crippen molar-refractivity contribution in [3.05, 3.63) is 0 Å². The molecule has 2 amide bonds. The van der Waals surface area contributed by atoms with Crippen LogP contribution in [0.4, 0.5) is 0 Å². The Hall–Kier alpha value is -2.85. The highest BCUT2D eigenvalue weighted by Gasteiger charge is 2.22. The Balaban J connectivity index is 4.36. The van der Waals surface area contributed by atoms with Crippen molar-refractivity contribution in [1.82, 2.24) is 10.6 Å². The molecule has 0 aliphatic heterocycles. The van der Waals surface area contributed by atoms with E-state index in [2.05, 4.69) is 43.3 Å². The SMILES string of the molecule is CCCCCCCCC(CCCCCC)C(=O)OCCCCCCCC(=O)N[C@@H](CCN=C(N)N)C(=O)NCCCCCCCCOC(=O)C(CCCC)CCCCCC. The predicted molar refractivity (Wildman–Crippen MR) is 250 cm³/mol. The summed E-state index contributed by atoms with van der Waals surface area (Å²) in [4.78, 5) is 55.4. The highest BCUT2D eigenvalue weighted by Crippen LogP contribution is 2.22. The van der Waals surface area contributed by atoms with Crippen LogP contribution in [-0.4, -0.2) is 62.1 Å². The third-order valence-corrected chi connectivity index (χ3v) is 11.6. The number of nitrogens with one attached hydrogen (secondary N) is 2. The lowest BCUT2D eigenvalue weighted by Crippen LogP contribution is -2.47. The largest absolute Gasteiger partial charge is 0.465 e. The Bertz CT molecular complexity index is 1070. The average Bonchev–Trinajstić information content (AvgIpc) is 3.23. The number of amides is 2. The molecule has 0 bridgehead atoms. The van der Waals surface area contributed by atoms with E-state index in [1.165, 1.54) is 70.6 Å². The molecular weight excluding hydrogens is 755 g/mol. The molecule has 6 N–H and O–H groups in total. The fourth-order valence-corrected chi connectivity index (χ4v) is 7.64. The summed E-state index contributed by atoms with van der Waals surface area (Å²) in [6.07, 6.45) is 33.6. The molecule has 0 aromatic heterocycles. The van der Waals surface area contributed by atoms with E-state index in [4.69, 9.17) is 20.9 Å². The number of guanidine groups is 1. The van der Waals surface area contributed by atoms with Crippen molar-refractivity contribution in [2.75, 3.05) is 26.3 Å². The van der Waals surface area contributed by atoms with Gasteiger partial charge in [0, 0.05) is 19.5 Å². The number of esters is 2. The normalized spacial score (nSPS) is 12.7. The van der Waals surface area contributed by atoms with E-state index in [1.807, 2.05) is 0 Å². The third kappa shape index (κ3) is 35.9. The molecule has 60 heavy (non-hydrogen) atoms. The predicted octanol–water partition coefficient (Wildman–Crippen LogP) is 11.1. The van der Waals surface area contributed by atoms with Gasteiger partial charge in [-0.3, -0.25) is 24.2 Å². The van der Waals surface area contributed by atoms with Crippen LogP contribution in [0.5, 0.6) is 0 Å². The molecule has 0 aromatic rings. The number of nitrogens with zero attached hydrogens (tertiary/aromatic N) is 1. The number of rotatable bonds is 44. The smallest absolute Gasteiger partial charge is 0.308 e. The van der Waals surface area contributed by atoms with Crippen LogP contribution in [-0.2, 0) is 28.7 Å². The zero-order valence-corrected chi connectivity index (χ0v) is 39.4. The van der Waals surface area contributed by atoms with Gasteiger partial charge in [0.2, 0.25) is 11.8 Å². The first-order chi connectivity index (χ1) is 29.2. The van der Waals surface area contributed by atoms with Gasteiger partial charge in [-0.15, -0.1) is 0 Å². The van der Waals surface area contributed by atoms with Crippen LogP contribution in [0.3, 0.4) is 0 Å². The Labute approximate surface area is 368 Å². The van der Waals surface area contributed by atoms with E-state index in [-0.39, 0.29) is 48.1 Å². The number of aliphatic imine (C=N–C) groups is 1. The molecule has 0 aliphatic rings. The van der Waals surface area contributed by atoms with Crippen LogP contribution in [0.25, 0.3) is 0 Å².